The molecule has 1 fully saturated rings. The molecular weight excluding hydrogens is 230 g/mol. The lowest BCUT2D eigenvalue weighted by molar-refractivity contribution is -0.153. The average molecular weight is 249 g/mol. The van der Waals surface area contributed by atoms with Crippen molar-refractivity contribution >= 4 is 11.7 Å². The number of rotatable bonds is 5. The van der Waals surface area contributed by atoms with Crippen molar-refractivity contribution in [3.05, 3.63) is 23.8 Å². The topological polar surface area (TPSA) is 58.6 Å². The summed E-state index contributed by atoms with van der Waals surface area (Å²) in [5, 5.41) is 12.5. The number of aliphatic carboxylic acids is 1. The molecule has 1 saturated carbocycles. The molecule has 18 heavy (non-hydrogen) atoms. The molecule has 4 nitrogen and oxygen atoms in total. The van der Waals surface area contributed by atoms with Crippen LogP contribution in [0.15, 0.2) is 18.2 Å². The van der Waals surface area contributed by atoms with Gasteiger partial charge in [-0.2, -0.15) is 0 Å². The molecule has 1 aromatic rings. The minimum atomic E-state index is -0.701. The molecule has 0 atom stereocenters. The number of aryl methyl sites for hydroxylation is 1. The quantitative estimate of drug-likeness (QED) is 0.842. The molecule has 1 aromatic carbocycles. The zero-order valence-corrected chi connectivity index (χ0v) is 10.8. The highest BCUT2D eigenvalue weighted by Gasteiger charge is 2.44. The maximum Gasteiger partial charge on any atom is 0.311 e. The first-order valence-corrected chi connectivity index (χ1v) is 6.19. The van der Waals surface area contributed by atoms with E-state index in [0.29, 0.717) is 6.54 Å². The van der Waals surface area contributed by atoms with Crippen molar-refractivity contribution in [2.24, 2.45) is 5.41 Å². The molecule has 1 aliphatic carbocycles. The zero-order valence-electron chi connectivity index (χ0n) is 10.8. The molecule has 0 saturated heterocycles. The van der Waals surface area contributed by atoms with E-state index < -0.39 is 11.4 Å². The largest absolute Gasteiger partial charge is 0.495 e. The molecule has 0 bridgehead atoms. The van der Waals surface area contributed by atoms with Crippen molar-refractivity contribution in [1.29, 1.82) is 0 Å². The summed E-state index contributed by atoms with van der Waals surface area (Å²) in [7, 11) is 1.62. The van der Waals surface area contributed by atoms with E-state index in [0.717, 1.165) is 36.3 Å². The Morgan fingerprint density at radius 1 is 1.50 bits per heavy atom. The van der Waals surface area contributed by atoms with E-state index in [2.05, 4.69) is 5.32 Å². The van der Waals surface area contributed by atoms with Crippen LogP contribution in [0.4, 0.5) is 5.69 Å². The summed E-state index contributed by atoms with van der Waals surface area (Å²) >= 11 is 0. The third-order valence-electron chi connectivity index (χ3n) is 3.74. The Balaban J connectivity index is 2.10. The van der Waals surface area contributed by atoms with E-state index in [1.54, 1.807) is 7.11 Å². The van der Waals surface area contributed by atoms with Gasteiger partial charge in [0.05, 0.1) is 18.2 Å². The number of methoxy groups -OCH3 is 1. The van der Waals surface area contributed by atoms with Gasteiger partial charge in [0.25, 0.3) is 0 Å². The Morgan fingerprint density at radius 2 is 2.22 bits per heavy atom. The highest BCUT2D eigenvalue weighted by atomic mass is 16.5. The smallest absolute Gasteiger partial charge is 0.311 e. The van der Waals surface area contributed by atoms with Crippen molar-refractivity contribution < 1.29 is 14.6 Å². The molecule has 0 heterocycles. The molecule has 0 radical (unpaired) electrons. The van der Waals surface area contributed by atoms with Crippen molar-refractivity contribution in [1.82, 2.24) is 0 Å². The molecule has 2 N–H and O–H groups in total. The van der Waals surface area contributed by atoms with Crippen LogP contribution < -0.4 is 10.1 Å². The SMILES string of the molecule is COc1ccc(C)cc1NCC1(C(=O)O)CCC1. The van der Waals surface area contributed by atoms with Gasteiger partial charge in [-0.1, -0.05) is 12.5 Å². The van der Waals surface area contributed by atoms with E-state index in [1.807, 2.05) is 25.1 Å². The predicted molar refractivity (Wildman–Crippen MR) is 70.1 cm³/mol. The Hall–Kier alpha value is -1.71. The van der Waals surface area contributed by atoms with Gasteiger partial charge in [0.2, 0.25) is 0 Å². The van der Waals surface area contributed by atoms with Gasteiger partial charge in [-0.05, 0) is 37.5 Å². The number of ether oxygens (including phenoxy) is 1. The summed E-state index contributed by atoms with van der Waals surface area (Å²) in [6.07, 6.45) is 2.51. The molecule has 0 amide bonds. The van der Waals surface area contributed by atoms with Crippen LogP contribution in [0.2, 0.25) is 0 Å². The third kappa shape index (κ3) is 2.28. The maximum absolute atomic E-state index is 11.3. The monoisotopic (exact) mass is 249 g/mol. The molecule has 0 unspecified atom stereocenters. The maximum atomic E-state index is 11.3. The molecule has 4 heteroatoms. The third-order valence-corrected chi connectivity index (χ3v) is 3.74. The van der Waals surface area contributed by atoms with Crippen LogP contribution in [0, 0.1) is 12.3 Å². The van der Waals surface area contributed by atoms with Crippen molar-refractivity contribution in [2.45, 2.75) is 26.2 Å². The summed E-state index contributed by atoms with van der Waals surface area (Å²) in [6, 6.07) is 5.85. The molecule has 1 aliphatic rings. The van der Waals surface area contributed by atoms with Crippen LogP contribution in [0.3, 0.4) is 0 Å². The number of hydrogen-bond donors (Lipinski definition) is 2. The van der Waals surface area contributed by atoms with Gasteiger partial charge in [0.15, 0.2) is 0 Å². The summed E-state index contributed by atoms with van der Waals surface area (Å²) in [6.45, 7) is 2.46. The summed E-state index contributed by atoms with van der Waals surface area (Å²) in [5.74, 6) is 0.0494. The number of hydrogen-bond acceptors (Lipinski definition) is 3. The first-order chi connectivity index (χ1) is 8.57. The second-order valence-electron chi connectivity index (χ2n) is 5.00. The number of nitrogens with one attached hydrogen (secondary N) is 1. The minimum absolute atomic E-state index is 0.460. The Morgan fingerprint density at radius 3 is 2.72 bits per heavy atom. The second-order valence-corrected chi connectivity index (χ2v) is 5.00. The number of carboxylic acid groups (broad SMARTS) is 1. The number of carboxylic acids is 1. The average Bonchev–Trinajstić information content (AvgIpc) is 2.27. The predicted octanol–water partition coefficient (Wildman–Crippen LogP) is 2.67. The normalized spacial score (nSPS) is 16.8. The Labute approximate surface area is 107 Å². The van der Waals surface area contributed by atoms with Gasteiger partial charge in [-0.3, -0.25) is 4.79 Å². The molecule has 0 aliphatic heterocycles. The van der Waals surface area contributed by atoms with Crippen LogP contribution in [0.1, 0.15) is 24.8 Å². The van der Waals surface area contributed by atoms with E-state index in [4.69, 9.17) is 4.74 Å². The van der Waals surface area contributed by atoms with Crippen LogP contribution in [0.5, 0.6) is 5.75 Å². The van der Waals surface area contributed by atoms with E-state index in [-0.39, 0.29) is 0 Å². The van der Waals surface area contributed by atoms with Crippen molar-refractivity contribution in [2.75, 3.05) is 19.0 Å². The van der Waals surface area contributed by atoms with Crippen molar-refractivity contribution in [3.8, 4) is 5.75 Å². The van der Waals surface area contributed by atoms with Gasteiger partial charge >= 0.3 is 5.97 Å². The second kappa shape index (κ2) is 4.88. The van der Waals surface area contributed by atoms with Gasteiger partial charge in [-0.25, -0.2) is 0 Å². The number of benzene rings is 1. The van der Waals surface area contributed by atoms with Gasteiger partial charge in [0.1, 0.15) is 5.75 Å². The minimum Gasteiger partial charge on any atom is -0.495 e. The fraction of sp³-hybridized carbons (Fsp3) is 0.500. The standard InChI is InChI=1S/C14H19NO3/c1-10-4-5-12(18-2)11(8-10)15-9-14(13(16)17)6-3-7-14/h4-5,8,15H,3,6-7,9H2,1-2H3,(H,16,17). The van der Waals surface area contributed by atoms with E-state index >= 15 is 0 Å². The van der Waals surface area contributed by atoms with E-state index in [9.17, 15) is 9.90 Å². The zero-order chi connectivity index (χ0) is 13.2. The summed E-state index contributed by atoms with van der Waals surface area (Å²) in [5.41, 5.74) is 1.40. The van der Waals surface area contributed by atoms with Crippen LogP contribution >= 0.6 is 0 Å². The molecular formula is C14H19NO3. The molecule has 0 spiro atoms. The molecule has 0 aromatic heterocycles. The highest BCUT2D eigenvalue weighted by molar-refractivity contribution is 5.77. The molecule has 98 valence electrons. The lowest BCUT2D eigenvalue weighted by Gasteiger charge is -2.38. The van der Waals surface area contributed by atoms with Crippen LogP contribution in [-0.4, -0.2) is 24.7 Å². The van der Waals surface area contributed by atoms with Crippen LogP contribution in [0.25, 0.3) is 0 Å². The lowest BCUT2D eigenvalue weighted by Crippen LogP contribution is -2.43. The van der Waals surface area contributed by atoms with Crippen LogP contribution in [-0.2, 0) is 4.79 Å². The number of carbonyl (C=O) groups is 1. The Bertz CT molecular complexity index is 452. The van der Waals surface area contributed by atoms with Gasteiger partial charge in [-0.15, -0.1) is 0 Å². The summed E-state index contributed by atoms with van der Waals surface area (Å²) < 4.78 is 5.27. The molecule has 2 rings (SSSR count). The van der Waals surface area contributed by atoms with Crippen molar-refractivity contribution in [3.63, 3.8) is 0 Å². The highest BCUT2D eigenvalue weighted by Crippen LogP contribution is 2.41. The fourth-order valence-electron chi connectivity index (χ4n) is 2.29. The number of anilines is 1. The first kappa shape index (κ1) is 12.7. The first-order valence-electron chi connectivity index (χ1n) is 6.19. The van der Waals surface area contributed by atoms with Gasteiger partial charge in [0, 0.05) is 6.54 Å². The van der Waals surface area contributed by atoms with E-state index in [1.165, 1.54) is 0 Å². The van der Waals surface area contributed by atoms with Gasteiger partial charge < -0.3 is 15.2 Å². The lowest BCUT2D eigenvalue weighted by atomic mass is 9.69. The fourth-order valence-corrected chi connectivity index (χ4v) is 2.29. The summed E-state index contributed by atoms with van der Waals surface area (Å²) in [4.78, 5) is 11.3. The Kier molecular flexibility index (Phi) is 3.45.